The number of benzene rings is 2. The number of β-amino-alcohol motifs (C(OH)–C–C–N with tert-alkyl or cyclic N) is 1. The Morgan fingerprint density at radius 1 is 1.17 bits per heavy atom. The molecule has 2 aromatic carbocycles. The summed E-state index contributed by atoms with van der Waals surface area (Å²) in [6.45, 7) is 2.38. The Morgan fingerprint density at radius 3 is 2.91 bits per heavy atom. The van der Waals surface area contributed by atoms with Crippen molar-refractivity contribution in [3.05, 3.63) is 59.7 Å². The Bertz CT molecular complexity index is 644. The fraction of sp³-hybridized carbons (Fsp3) is 0.368. The van der Waals surface area contributed by atoms with Crippen molar-refractivity contribution in [2.24, 2.45) is 0 Å². The average Bonchev–Trinajstić information content (AvgIpc) is 2.98. The molecule has 0 saturated carbocycles. The second-order valence-corrected chi connectivity index (χ2v) is 5.85. The van der Waals surface area contributed by atoms with Gasteiger partial charge in [-0.15, -0.1) is 0 Å². The molecule has 0 radical (unpaired) electrons. The zero-order valence-corrected chi connectivity index (χ0v) is 13.4. The van der Waals surface area contributed by atoms with Crippen LogP contribution in [0.15, 0.2) is 48.5 Å². The maximum atomic E-state index is 10.2. The van der Waals surface area contributed by atoms with Crippen molar-refractivity contribution in [3.8, 4) is 5.75 Å². The number of anilines is 1. The minimum absolute atomic E-state index is 0.329. The third-order valence-corrected chi connectivity index (χ3v) is 4.13. The highest BCUT2D eigenvalue weighted by Crippen LogP contribution is 2.27. The van der Waals surface area contributed by atoms with Crippen LogP contribution in [-0.4, -0.2) is 38.0 Å². The Balaban J connectivity index is 1.46. The van der Waals surface area contributed by atoms with Crippen LogP contribution < -0.4 is 9.64 Å². The van der Waals surface area contributed by atoms with E-state index in [2.05, 4.69) is 23.1 Å². The summed E-state index contributed by atoms with van der Waals surface area (Å²) in [5, 5.41) is 10.2. The summed E-state index contributed by atoms with van der Waals surface area (Å²) in [7, 11) is 1.65. The summed E-state index contributed by atoms with van der Waals surface area (Å²) in [5.74, 6) is 0.820. The molecule has 1 heterocycles. The van der Waals surface area contributed by atoms with E-state index in [0.717, 1.165) is 24.3 Å². The standard InChI is InChI=1S/C19H23NO3/c1-22-18-7-4-5-15(11-18)13-23-14-17(21)12-20-10-9-16-6-2-3-8-19(16)20/h2-8,11,17,21H,9-10,12-14H2,1H3. The van der Waals surface area contributed by atoms with Crippen LogP contribution in [0.4, 0.5) is 5.69 Å². The predicted octanol–water partition coefficient (Wildman–Crippen LogP) is 2.64. The number of hydrogen-bond acceptors (Lipinski definition) is 4. The van der Waals surface area contributed by atoms with Gasteiger partial charge in [0.15, 0.2) is 0 Å². The second-order valence-electron chi connectivity index (χ2n) is 5.85. The van der Waals surface area contributed by atoms with Crippen molar-refractivity contribution in [2.45, 2.75) is 19.1 Å². The minimum atomic E-state index is -0.494. The van der Waals surface area contributed by atoms with Crippen molar-refractivity contribution in [2.75, 3.05) is 31.7 Å². The van der Waals surface area contributed by atoms with Crippen LogP contribution in [0.3, 0.4) is 0 Å². The van der Waals surface area contributed by atoms with Crippen LogP contribution in [0.1, 0.15) is 11.1 Å². The first-order valence-corrected chi connectivity index (χ1v) is 7.98. The lowest BCUT2D eigenvalue weighted by Gasteiger charge is -2.22. The molecule has 4 heteroatoms. The highest BCUT2D eigenvalue weighted by atomic mass is 16.5. The highest BCUT2D eigenvalue weighted by Gasteiger charge is 2.20. The summed E-state index contributed by atoms with van der Waals surface area (Å²) in [4.78, 5) is 2.23. The van der Waals surface area contributed by atoms with Crippen molar-refractivity contribution >= 4 is 5.69 Å². The number of aliphatic hydroxyl groups is 1. The fourth-order valence-corrected chi connectivity index (χ4v) is 2.98. The quantitative estimate of drug-likeness (QED) is 0.853. The third-order valence-electron chi connectivity index (χ3n) is 4.13. The molecule has 0 aliphatic carbocycles. The van der Waals surface area contributed by atoms with Gasteiger partial charge in [0.25, 0.3) is 0 Å². The molecular formula is C19H23NO3. The number of methoxy groups -OCH3 is 1. The Labute approximate surface area is 137 Å². The van der Waals surface area contributed by atoms with E-state index in [9.17, 15) is 5.11 Å². The van der Waals surface area contributed by atoms with Crippen molar-refractivity contribution in [1.29, 1.82) is 0 Å². The smallest absolute Gasteiger partial charge is 0.119 e. The molecule has 0 fully saturated rings. The molecule has 0 bridgehead atoms. The largest absolute Gasteiger partial charge is 0.497 e. The van der Waals surface area contributed by atoms with E-state index < -0.39 is 6.10 Å². The molecule has 2 aromatic rings. The lowest BCUT2D eigenvalue weighted by molar-refractivity contribution is 0.0321. The van der Waals surface area contributed by atoms with Crippen molar-refractivity contribution in [3.63, 3.8) is 0 Å². The highest BCUT2D eigenvalue weighted by molar-refractivity contribution is 5.57. The monoisotopic (exact) mass is 313 g/mol. The second kappa shape index (κ2) is 7.49. The molecule has 0 spiro atoms. The van der Waals surface area contributed by atoms with Gasteiger partial charge in [-0.05, 0) is 35.7 Å². The number of ether oxygens (including phenoxy) is 2. The number of nitrogens with zero attached hydrogens (tertiary/aromatic N) is 1. The SMILES string of the molecule is COc1cccc(COCC(O)CN2CCc3ccccc32)c1. The van der Waals surface area contributed by atoms with Crippen LogP contribution in [0.25, 0.3) is 0 Å². The van der Waals surface area contributed by atoms with Gasteiger partial charge in [-0.1, -0.05) is 30.3 Å². The number of para-hydroxylation sites is 1. The molecule has 1 aliphatic rings. The number of aliphatic hydroxyl groups excluding tert-OH is 1. The molecule has 1 atom stereocenters. The van der Waals surface area contributed by atoms with Crippen molar-refractivity contribution in [1.82, 2.24) is 0 Å². The van der Waals surface area contributed by atoms with E-state index in [1.807, 2.05) is 30.3 Å². The molecule has 3 rings (SSSR count). The van der Waals surface area contributed by atoms with Crippen LogP contribution in [0, 0.1) is 0 Å². The summed E-state index contributed by atoms with van der Waals surface area (Å²) in [6, 6.07) is 16.2. The first-order valence-electron chi connectivity index (χ1n) is 7.98. The van der Waals surface area contributed by atoms with Gasteiger partial charge in [0.2, 0.25) is 0 Å². The van der Waals surface area contributed by atoms with Crippen LogP contribution >= 0.6 is 0 Å². The molecule has 1 aliphatic heterocycles. The molecule has 1 unspecified atom stereocenters. The van der Waals surface area contributed by atoms with Crippen LogP contribution in [0.2, 0.25) is 0 Å². The van der Waals surface area contributed by atoms with E-state index in [4.69, 9.17) is 9.47 Å². The Hall–Kier alpha value is -2.04. The molecular weight excluding hydrogens is 290 g/mol. The normalized spacial score (nSPS) is 14.6. The van der Waals surface area contributed by atoms with Gasteiger partial charge >= 0.3 is 0 Å². The number of hydrogen-bond donors (Lipinski definition) is 1. The maximum Gasteiger partial charge on any atom is 0.119 e. The van der Waals surface area contributed by atoms with E-state index in [1.54, 1.807) is 7.11 Å². The van der Waals surface area contributed by atoms with E-state index in [1.165, 1.54) is 11.3 Å². The topological polar surface area (TPSA) is 41.9 Å². The maximum absolute atomic E-state index is 10.2. The zero-order valence-electron chi connectivity index (χ0n) is 13.4. The van der Waals surface area contributed by atoms with Crippen LogP contribution in [-0.2, 0) is 17.8 Å². The fourth-order valence-electron chi connectivity index (χ4n) is 2.98. The van der Waals surface area contributed by atoms with Gasteiger partial charge in [0.1, 0.15) is 5.75 Å². The van der Waals surface area contributed by atoms with Gasteiger partial charge in [-0.25, -0.2) is 0 Å². The van der Waals surface area contributed by atoms with Gasteiger partial charge in [0, 0.05) is 18.8 Å². The van der Waals surface area contributed by atoms with Gasteiger partial charge in [-0.2, -0.15) is 0 Å². The van der Waals surface area contributed by atoms with Crippen molar-refractivity contribution < 1.29 is 14.6 Å². The van der Waals surface area contributed by atoms with Gasteiger partial charge in [0.05, 0.1) is 26.4 Å². The van der Waals surface area contributed by atoms with E-state index in [0.29, 0.717) is 19.8 Å². The van der Waals surface area contributed by atoms with E-state index >= 15 is 0 Å². The van der Waals surface area contributed by atoms with Gasteiger partial charge in [-0.3, -0.25) is 0 Å². The summed E-state index contributed by atoms with van der Waals surface area (Å²) in [5.41, 5.74) is 3.64. The summed E-state index contributed by atoms with van der Waals surface area (Å²) >= 11 is 0. The lowest BCUT2D eigenvalue weighted by atomic mass is 10.2. The number of rotatable bonds is 7. The molecule has 23 heavy (non-hydrogen) atoms. The Kier molecular flexibility index (Phi) is 5.16. The van der Waals surface area contributed by atoms with Gasteiger partial charge < -0.3 is 19.5 Å². The zero-order chi connectivity index (χ0) is 16.1. The molecule has 122 valence electrons. The molecule has 0 saturated heterocycles. The first-order chi connectivity index (χ1) is 11.3. The first kappa shape index (κ1) is 15.8. The molecule has 0 amide bonds. The summed E-state index contributed by atoms with van der Waals surface area (Å²) < 4.78 is 10.8. The molecule has 0 aromatic heterocycles. The molecule has 1 N–H and O–H groups in total. The lowest BCUT2D eigenvalue weighted by Crippen LogP contribution is -2.33. The average molecular weight is 313 g/mol. The van der Waals surface area contributed by atoms with E-state index in [-0.39, 0.29) is 0 Å². The van der Waals surface area contributed by atoms with Crippen LogP contribution in [0.5, 0.6) is 5.75 Å². The Morgan fingerprint density at radius 2 is 2.04 bits per heavy atom. The summed E-state index contributed by atoms with van der Waals surface area (Å²) in [6.07, 6.45) is 0.555. The minimum Gasteiger partial charge on any atom is -0.497 e. The third kappa shape index (κ3) is 4.03. The number of fused-ring (bicyclic) bond motifs is 1. The molecule has 4 nitrogen and oxygen atoms in total. The predicted molar refractivity (Wildman–Crippen MR) is 91.0 cm³/mol.